The number of hydroxylamine groups is 2. The van der Waals surface area contributed by atoms with Crippen LogP contribution in [0.3, 0.4) is 0 Å². The lowest BCUT2D eigenvalue weighted by Gasteiger charge is -2.26. The van der Waals surface area contributed by atoms with Crippen LogP contribution in [0.2, 0.25) is 0 Å². The number of carbonyl (C=O) groups is 2. The highest BCUT2D eigenvalue weighted by molar-refractivity contribution is 5.96. The molecule has 1 aliphatic rings. The van der Waals surface area contributed by atoms with Crippen molar-refractivity contribution in [1.82, 2.24) is 9.96 Å². The summed E-state index contributed by atoms with van der Waals surface area (Å²) < 4.78 is 10.9. The van der Waals surface area contributed by atoms with E-state index in [2.05, 4.69) is 6.92 Å². The Kier molecular flexibility index (Phi) is 11.3. The van der Waals surface area contributed by atoms with Gasteiger partial charge in [0.2, 0.25) is 0 Å². The van der Waals surface area contributed by atoms with Crippen molar-refractivity contribution in [3.05, 3.63) is 29.8 Å². The molecule has 1 N–H and O–H groups in total. The first-order valence-electron chi connectivity index (χ1n) is 11.2. The van der Waals surface area contributed by atoms with Gasteiger partial charge in [0.15, 0.2) is 6.61 Å². The highest BCUT2D eigenvalue weighted by Gasteiger charge is 2.21. The van der Waals surface area contributed by atoms with Crippen LogP contribution < -0.4 is 4.74 Å². The van der Waals surface area contributed by atoms with Crippen LogP contribution in [-0.2, 0) is 9.53 Å². The molecule has 0 unspecified atom stereocenters. The summed E-state index contributed by atoms with van der Waals surface area (Å²) in [6.45, 7) is 4.50. The van der Waals surface area contributed by atoms with Gasteiger partial charge in [0.25, 0.3) is 11.8 Å². The number of hydrogen-bond donors (Lipinski definition) is 1. The molecule has 0 aliphatic carbocycles. The maximum Gasteiger partial charge on any atom is 0.280 e. The van der Waals surface area contributed by atoms with Crippen LogP contribution in [0.15, 0.2) is 24.3 Å². The van der Waals surface area contributed by atoms with Crippen molar-refractivity contribution in [3.8, 4) is 5.75 Å². The molecule has 0 aromatic heterocycles. The minimum Gasteiger partial charge on any atom is -0.483 e. The lowest BCUT2D eigenvalue weighted by Crippen LogP contribution is -2.43. The van der Waals surface area contributed by atoms with Crippen molar-refractivity contribution >= 4 is 11.8 Å². The Bertz CT molecular complexity index is 646. The van der Waals surface area contributed by atoms with Gasteiger partial charge >= 0.3 is 0 Å². The van der Waals surface area contributed by atoms with E-state index in [-0.39, 0.29) is 24.6 Å². The van der Waals surface area contributed by atoms with Crippen LogP contribution in [0, 0.1) is 0 Å². The molecule has 0 saturated carbocycles. The predicted molar refractivity (Wildman–Crippen MR) is 115 cm³/mol. The van der Waals surface area contributed by atoms with E-state index in [1.165, 1.54) is 32.1 Å². The van der Waals surface area contributed by atoms with E-state index >= 15 is 0 Å². The molecule has 0 radical (unpaired) electrons. The largest absolute Gasteiger partial charge is 0.483 e. The number of benzene rings is 1. The molecule has 0 atom stereocenters. The lowest BCUT2D eigenvalue weighted by molar-refractivity contribution is -0.137. The predicted octanol–water partition coefficient (Wildman–Crippen LogP) is 3.90. The molecule has 1 aromatic carbocycles. The molecule has 1 heterocycles. The quantitative estimate of drug-likeness (QED) is 0.297. The summed E-state index contributed by atoms with van der Waals surface area (Å²) in [5.74, 6) is -0.341. The van der Waals surface area contributed by atoms with Gasteiger partial charge in [-0.1, -0.05) is 64.0 Å². The molecule has 1 aromatic rings. The maximum atomic E-state index is 12.6. The highest BCUT2D eigenvalue weighted by atomic mass is 16.5. The maximum absolute atomic E-state index is 12.6. The second-order valence-electron chi connectivity index (χ2n) is 7.68. The van der Waals surface area contributed by atoms with E-state index in [1.54, 1.807) is 29.2 Å². The summed E-state index contributed by atoms with van der Waals surface area (Å²) >= 11 is 0. The highest BCUT2D eigenvalue weighted by Crippen LogP contribution is 2.20. The fraction of sp³-hybridized carbons (Fsp3) is 0.652. The van der Waals surface area contributed by atoms with Gasteiger partial charge in [-0.05, 0) is 18.6 Å². The summed E-state index contributed by atoms with van der Waals surface area (Å²) in [7, 11) is 0. The summed E-state index contributed by atoms with van der Waals surface area (Å²) in [4.78, 5) is 26.6. The number of rotatable bonds is 13. The van der Waals surface area contributed by atoms with E-state index < -0.39 is 5.91 Å². The summed E-state index contributed by atoms with van der Waals surface area (Å²) in [5, 5.41) is 10.9. The van der Waals surface area contributed by atoms with E-state index in [9.17, 15) is 14.8 Å². The van der Waals surface area contributed by atoms with Crippen LogP contribution in [0.4, 0.5) is 0 Å². The standard InChI is InChI=1S/C23H36N2O5/c1-2-3-4-5-6-7-8-11-14-25(28)23(27)20-12-9-10-13-21(20)30-19-22(26)24-15-17-29-18-16-24/h9-10,12-13,28H,2-8,11,14-19H2,1H3. The zero-order valence-corrected chi connectivity index (χ0v) is 18.2. The smallest absolute Gasteiger partial charge is 0.280 e. The molecule has 168 valence electrons. The van der Waals surface area contributed by atoms with Gasteiger partial charge in [0.1, 0.15) is 5.75 Å². The first kappa shape index (κ1) is 24.2. The molecule has 0 spiro atoms. The number of unbranched alkanes of at least 4 members (excludes halogenated alkanes) is 7. The minimum absolute atomic E-state index is 0.139. The molecule has 7 nitrogen and oxygen atoms in total. The average Bonchev–Trinajstić information content (AvgIpc) is 2.79. The molecule has 7 heteroatoms. The Balaban J connectivity index is 1.76. The van der Waals surface area contributed by atoms with Crippen molar-refractivity contribution in [2.24, 2.45) is 0 Å². The summed E-state index contributed by atoms with van der Waals surface area (Å²) in [6.07, 6.45) is 9.14. The van der Waals surface area contributed by atoms with Gasteiger partial charge in [-0.3, -0.25) is 14.8 Å². The fourth-order valence-electron chi connectivity index (χ4n) is 3.45. The van der Waals surface area contributed by atoms with Gasteiger partial charge < -0.3 is 14.4 Å². The SMILES string of the molecule is CCCCCCCCCCN(O)C(=O)c1ccccc1OCC(=O)N1CCOCC1. The van der Waals surface area contributed by atoms with Crippen LogP contribution in [0.25, 0.3) is 0 Å². The van der Waals surface area contributed by atoms with E-state index in [1.807, 2.05) is 0 Å². The van der Waals surface area contributed by atoms with Gasteiger partial charge in [0.05, 0.1) is 18.8 Å². The molecule has 30 heavy (non-hydrogen) atoms. The van der Waals surface area contributed by atoms with Gasteiger partial charge in [-0.2, -0.15) is 0 Å². The fourth-order valence-corrected chi connectivity index (χ4v) is 3.45. The topological polar surface area (TPSA) is 79.3 Å². The van der Waals surface area contributed by atoms with Crippen LogP contribution in [-0.4, -0.2) is 66.4 Å². The Morgan fingerprint density at radius 2 is 1.67 bits per heavy atom. The number of hydrogen-bond acceptors (Lipinski definition) is 5. The zero-order valence-electron chi connectivity index (χ0n) is 18.2. The second-order valence-corrected chi connectivity index (χ2v) is 7.68. The van der Waals surface area contributed by atoms with Crippen LogP contribution in [0.5, 0.6) is 5.75 Å². The molecule has 2 amide bonds. The third-order valence-corrected chi connectivity index (χ3v) is 5.29. The number of morpholine rings is 1. The van der Waals surface area contributed by atoms with Crippen molar-refractivity contribution in [2.75, 3.05) is 39.5 Å². The number of carbonyl (C=O) groups excluding carboxylic acids is 2. The van der Waals surface area contributed by atoms with Gasteiger partial charge in [-0.25, -0.2) is 5.06 Å². The Morgan fingerprint density at radius 1 is 1.03 bits per heavy atom. The Labute approximate surface area is 179 Å². The lowest BCUT2D eigenvalue weighted by atomic mass is 10.1. The van der Waals surface area contributed by atoms with Crippen LogP contribution in [0.1, 0.15) is 68.6 Å². The van der Waals surface area contributed by atoms with Crippen molar-refractivity contribution in [3.63, 3.8) is 0 Å². The van der Waals surface area contributed by atoms with Crippen molar-refractivity contribution in [2.45, 2.75) is 58.3 Å². The number of nitrogens with zero attached hydrogens (tertiary/aromatic N) is 2. The Hall–Kier alpha value is -2.12. The number of ether oxygens (including phenoxy) is 2. The molecular formula is C23H36N2O5. The van der Waals surface area contributed by atoms with Gasteiger partial charge in [-0.15, -0.1) is 0 Å². The second kappa shape index (κ2) is 14.0. The Morgan fingerprint density at radius 3 is 2.37 bits per heavy atom. The molecule has 0 bridgehead atoms. The number of amides is 2. The first-order valence-corrected chi connectivity index (χ1v) is 11.2. The van der Waals surface area contributed by atoms with Crippen molar-refractivity contribution in [1.29, 1.82) is 0 Å². The zero-order chi connectivity index (χ0) is 21.6. The van der Waals surface area contributed by atoms with E-state index in [4.69, 9.17) is 9.47 Å². The molecule has 1 aliphatic heterocycles. The average molecular weight is 421 g/mol. The van der Waals surface area contributed by atoms with Crippen LogP contribution >= 0.6 is 0 Å². The third kappa shape index (κ3) is 8.32. The molecular weight excluding hydrogens is 384 g/mol. The van der Waals surface area contributed by atoms with E-state index in [0.717, 1.165) is 24.3 Å². The molecule has 1 saturated heterocycles. The normalized spacial score (nSPS) is 13.9. The molecule has 2 rings (SSSR count). The monoisotopic (exact) mass is 420 g/mol. The summed E-state index contributed by atoms with van der Waals surface area (Å²) in [5.41, 5.74) is 0.259. The number of para-hydroxylation sites is 1. The first-order chi connectivity index (χ1) is 14.6. The third-order valence-electron chi connectivity index (χ3n) is 5.29. The minimum atomic E-state index is -0.507. The van der Waals surface area contributed by atoms with Crippen molar-refractivity contribution < 1.29 is 24.3 Å². The molecule has 1 fully saturated rings. The van der Waals surface area contributed by atoms with Gasteiger partial charge in [0, 0.05) is 19.6 Å². The van der Waals surface area contributed by atoms with E-state index in [0.29, 0.717) is 32.1 Å². The summed E-state index contributed by atoms with van der Waals surface area (Å²) in [6, 6.07) is 6.71.